The molecule has 0 atom stereocenters. The quantitative estimate of drug-likeness (QED) is 0.915. The van der Waals surface area contributed by atoms with Gasteiger partial charge in [-0.25, -0.2) is 4.79 Å². The van der Waals surface area contributed by atoms with Gasteiger partial charge in [0.15, 0.2) is 0 Å². The highest BCUT2D eigenvalue weighted by Crippen LogP contribution is 2.27. The number of amides is 2. The SMILES string of the molecule is CCc1ccc2occ(CCN(C(N)=O)C3CCC3)c2c1. The maximum Gasteiger partial charge on any atom is 0.315 e. The maximum absolute atomic E-state index is 11.6. The van der Waals surface area contributed by atoms with Gasteiger partial charge >= 0.3 is 6.03 Å². The molecule has 2 amide bonds. The van der Waals surface area contributed by atoms with Crippen LogP contribution in [0.4, 0.5) is 4.79 Å². The standard InChI is InChI=1S/C17H22N2O2/c1-2-12-6-7-16-15(10-12)13(11-21-16)8-9-19(17(18)20)14-4-3-5-14/h6-7,10-11,14H,2-5,8-9H2,1H3,(H2,18,20). The van der Waals surface area contributed by atoms with Gasteiger partial charge in [0.2, 0.25) is 0 Å². The summed E-state index contributed by atoms with van der Waals surface area (Å²) in [6.07, 6.45) is 6.97. The summed E-state index contributed by atoms with van der Waals surface area (Å²) in [6.45, 7) is 2.82. The molecule has 0 spiro atoms. The van der Waals surface area contributed by atoms with Gasteiger partial charge in [-0.15, -0.1) is 0 Å². The first kappa shape index (κ1) is 14.0. The summed E-state index contributed by atoms with van der Waals surface area (Å²) in [5, 5.41) is 1.16. The molecule has 1 aromatic carbocycles. The fourth-order valence-electron chi connectivity index (χ4n) is 2.95. The van der Waals surface area contributed by atoms with Crippen LogP contribution in [-0.2, 0) is 12.8 Å². The Hall–Kier alpha value is -1.97. The predicted molar refractivity (Wildman–Crippen MR) is 83.2 cm³/mol. The highest BCUT2D eigenvalue weighted by molar-refractivity contribution is 5.82. The van der Waals surface area contributed by atoms with Crippen LogP contribution in [0.1, 0.15) is 37.3 Å². The predicted octanol–water partition coefficient (Wildman–Crippen LogP) is 3.47. The number of carbonyl (C=O) groups is 1. The normalized spacial score (nSPS) is 15.1. The number of hydrogen-bond acceptors (Lipinski definition) is 2. The first-order valence-corrected chi connectivity index (χ1v) is 7.74. The molecule has 0 saturated heterocycles. The van der Waals surface area contributed by atoms with E-state index in [1.54, 1.807) is 0 Å². The lowest BCUT2D eigenvalue weighted by Gasteiger charge is -2.36. The molecule has 4 heteroatoms. The molecule has 21 heavy (non-hydrogen) atoms. The minimum absolute atomic E-state index is 0.304. The molecule has 0 radical (unpaired) electrons. The number of rotatable bonds is 5. The van der Waals surface area contributed by atoms with Gasteiger partial charge in [0.05, 0.1) is 6.26 Å². The summed E-state index contributed by atoms with van der Waals surface area (Å²) in [5.74, 6) is 0. The third-order valence-electron chi connectivity index (χ3n) is 4.55. The van der Waals surface area contributed by atoms with Crippen LogP contribution >= 0.6 is 0 Å². The molecular weight excluding hydrogens is 264 g/mol. The zero-order valence-corrected chi connectivity index (χ0v) is 12.5. The molecule has 1 aliphatic rings. The topological polar surface area (TPSA) is 59.5 Å². The van der Waals surface area contributed by atoms with Gasteiger partial charge in [0.1, 0.15) is 5.58 Å². The first-order chi connectivity index (χ1) is 10.2. The molecule has 112 valence electrons. The van der Waals surface area contributed by atoms with E-state index in [0.717, 1.165) is 42.2 Å². The van der Waals surface area contributed by atoms with Crippen LogP contribution in [0.3, 0.4) is 0 Å². The van der Waals surface area contributed by atoms with Crippen molar-refractivity contribution < 1.29 is 9.21 Å². The first-order valence-electron chi connectivity index (χ1n) is 7.74. The second-order valence-electron chi connectivity index (χ2n) is 5.81. The van der Waals surface area contributed by atoms with Crippen LogP contribution in [0.5, 0.6) is 0 Å². The minimum atomic E-state index is -0.304. The van der Waals surface area contributed by atoms with Crippen molar-refractivity contribution in [3.05, 3.63) is 35.6 Å². The number of aryl methyl sites for hydroxylation is 1. The average Bonchev–Trinajstić information content (AvgIpc) is 2.83. The monoisotopic (exact) mass is 286 g/mol. The summed E-state index contributed by atoms with van der Waals surface area (Å²) in [7, 11) is 0. The third-order valence-corrected chi connectivity index (χ3v) is 4.55. The third kappa shape index (κ3) is 2.75. The van der Waals surface area contributed by atoms with E-state index in [1.807, 2.05) is 17.2 Å². The number of hydrogen-bond donors (Lipinski definition) is 1. The molecule has 1 saturated carbocycles. The Morgan fingerprint density at radius 2 is 2.24 bits per heavy atom. The van der Waals surface area contributed by atoms with Gasteiger partial charge < -0.3 is 15.1 Å². The summed E-state index contributed by atoms with van der Waals surface area (Å²) >= 11 is 0. The Bertz CT molecular complexity index is 643. The van der Waals surface area contributed by atoms with E-state index in [1.165, 1.54) is 12.0 Å². The van der Waals surface area contributed by atoms with E-state index in [2.05, 4.69) is 19.1 Å². The molecule has 1 heterocycles. The number of nitrogens with zero attached hydrogens (tertiary/aromatic N) is 1. The fraction of sp³-hybridized carbons (Fsp3) is 0.471. The number of nitrogens with two attached hydrogens (primary N) is 1. The lowest BCUT2D eigenvalue weighted by molar-refractivity contribution is 0.146. The number of benzene rings is 1. The van der Waals surface area contributed by atoms with Gasteiger partial charge in [0.25, 0.3) is 0 Å². The minimum Gasteiger partial charge on any atom is -0.464 e. The molecule has 3 rings (SSSR count). The van der Waals surface area contributed by atoms with Gasteiger partial charge in [-0.3, -0.25) is 0 Å². The van der Waals surface area contributed by atoms with E-state index < -0.39 is 0 Å². The van der Waals surface area contributed by atoms with Crippen molar-refractivity contribution in [1.82, 2.24) is 4.90 Å². The highest BCUT2D eigenvalue weighted by Gasteiger charge is 2.27. The van der Waals surface area contributed by atoms with Crippen LogP contribution in [0.25, 0.3) is 11.0 Å². The van der Waals surface area contributed by atoms with Gasteiger partial charge in [-0.05, 0) is 55.4 Å². The number of urea groups is 1. The van der Waals surface area contributed by atoms with Gasteiger partial charge in [-0.2, -0.15) is 0 Å². The molecule has 4 nitrogen and oxygen atoms in total. The number of furan rings is 1. The molecular formula is C17H22N2O2. The molecule has 1 aliphatic carbocycles. The molecule has 2 N–H and O–H groups in total. The van der Waals surface area contributed by atoms with Crippen LogP contribution in [-0.4, -0.2) is 23.5 Å². The smallest absolute Gasteiger partial charge is 0.315 e. The Morgan fingerprint density at radius 1 is 1.43 bits per heavy atom. The van der Waals surface area contributed by atoms with E-state index in [9.17, 15) is 4.79 Å². The Labute approximate surface area is 124 Å². The second-order valence-corrected chi connectivity index (χ2v) is 5.81. The number of fused-ring (bicyclic) bond motifs is 1. The Balaban J connectivity index is 1.76. The molecule has 2 aromatic rings. The summed E-state index contributed by atoms with van der Waals surface area (Å²) in [4.78, 5) is 13.4. The molecule has 1 fully saturated rings. The van der Waals surface area contributed by atoms with Crippen molar-refractivity contribution in [2.45, 2.75) is 45.1 Å². The van der Waals surface area contributed by atoms with Crippen molar-refractivity contribution in [3.8, 4) is 0 Å². The molecule has 1 aromatic heterocycles. The van der Waals surface area contributed by atoms with E-state index >= 15 is 0 Å². The summed E-state index contributed by atoms with van der Waals surface area (Å²) in [5.41, 5.74) is 8.88. The van der Waals surface area contributed by atoms with Crippen LogP contribution in [0, 0.1) is 0 Å². The van der Waals surface area contributed by atoms with Gasteiger partial charge in [0, 0.05) is 18.0 Å². The van der Waals surface area contributed by atoms with Crippen LogP contribution in [0.15, 0.2) is 28.9 Å². The lowest BCUT2D eigenvalue weighted by atomic mass is 9.91. The fourth-order valence-corrected chi connectivity index (χ4v) is 2.95. The number of carbonyl (C=O) groups excluding carboxylic acids is 1. The van der Waals surface area contributed by atoms with Crippen LogP contribution < -0.4 is 5.73 Å². The van der Waals surface area contributed by atoms with Crippen molar-refractivity contribution in [3.63, 3.8) is 0 Å². The van der Waals surface area contributed by atoms with Crippen molar-refractivity contribution in [2.24, 2.45) is 5.73 Å². The molecule has 0 unspecified atom stereocenters. The zero-order valence-electron chi connectivity index (χ0n) is 12.5. The zero-order chi connectivity index (χ0) is 14.8. The largest absolute Gasteiger partial charge is 0.464 e. The van der Waals surface area contributed by atoms with E-state index in [-0.39, 0.29) is 6.03 Å². The number of primary amides is 1. The average molecular weight is 286 g/mol. The van der Waals surface area contributed by atoms with E-state index in [4.69, 9.17) is 10.2 Å². The Morgan fingerprint density at radius 3 is 2.86 bits per heavy atom. The molecule has 0 bridgehead atoms. The van der Waals surface area contributed by atoms with Crippen molar-refractivity contribution in [2.75, 3.05) is 6.54 Å². The second kappa shape index (κ2) is 5.80. The summed E-state index contributed by atoms with van der Waals surface area (Å²) < 4.78 is 5.61. The maximum atomic E-state index is 11.6. The van der Waals surface area contributed by atoms with Gasteiger partial charge in [-0.1, -0.05) is 13.0 Å². The van der Waals surface area contributed by atoms with Crippen molar-refractivity contribution >= 4 is 17.0 Å². The summed E-state index contributed by atoms with van der Waals surface area (Å²) in [6, 6.07) is 6.34. The Kier molecular flexibility index (Phi) is 3.86. The molecule has 0 aliphatic heterocycles. The highest BCUT2D eigenvalue weighted by atomic mass is 16.3. The van der Waals surface area contributed by atoms with Crippen LogP contribution in [0.2, 0.25) is 0 Å². The van der Waals surface area contributed by atoms with E-state index in [0.29, 0.717) is 12.6 Å². The lowest BCUT2D eigenvalue weighted by Crippen LogP contribution is -2.47. The van der Waals surface area contributed by atoms with Crippen molar-refractivity contribution in [1.29, 1.82) is 0 Å².